The first-order valence-electron chi connectivity index (χ1n) is 7.17. The molecule has 3 aromatic carbocycles. The lowest BCUT2D eigenvalue weighted by Gasteiger charge is -2.10. The molecule has 2 N–H and O–H groups in total. The van der Waals surface area contributed by atoms with E-state index in [4.69, 9.17) is 33.9 Å². The molecule has 0 radical (unpaired) electrons. The molecule has 2 nitrogen and oxygen atoms in total. The largest absolute Gasteiger partial charge is 0.396 e. The molecule has 0 aliphatic rings. The number of rotatable bonds is 1. The lowest BCUT2D eigenvalue weighted by molar-refractivity contribution is 1.49. The maximum Gasteiger partial charge on any atom is 0.0715 e. The number of nitrogen functional groups attached to an aromatic ring is 1. The number of fused-ring (bicyclic) bond motifs is 2. The first-order valence-corrected chi connectivity index (χ1v) is 7.92. The first-order chi connectivity index (χ1) is 11.1. The molecule has 112 valence electrons. The molecular formula is C19H12Cl2N2. The summed E-state index contributed by atoms with van der Waals surface area (Å²) in [5.74, 6) is 0. The highest BCUT2D eigenvalue weighted by Crippen LogP contribution is 2.36. The summed E-state index contributed by atoms with van der Waals surface area (Å²) in [5.41, 5.74) is 10.1. The minimum Gasteiger partial charge on any atom is -0.396 e. The highest BCUT2D eigenvalue weighted by molar-refractivity contribution is 6.39. The van der Waals surface area contributed by atoms with Crippen LogP contribution in [-0.2, 0) is 0 Å². The highest BCUT2D eigenvalue weighted by Gasteiger charge is 2.10. The Hall–Kier alpha value is -2.29. The number of anilines is 1. The van der Waals surface area contributed by atoms with Gasteiger partial charge in [0.05, 0.1) is 26.8 Å². The Bertz CT molecular complexity index is 1030. The maximum absolute atomic E-state index is 6.19. The van der Waals surface area contributed by atoms with E-state index in [9.17, 15) is 0 Å². The fourth-order valence-corrected chi connectivity index (χ4v) is 3.28. The molecule has 23 heavy (non-hydrogen) atoms. The van der Waals surface area contributed by atoms with E-state index in [-0.39, 0.29) is 0 Å². The zero-order valence-electron chi connectivity index (χ0n) is 12.1. The molecule has 0 fully saturated rings. The average molecular weight is 339 g/mol. The molecule has 1 aromatic heterocycles. The minimum atomic E-state index is 0.404. The van der Waals surface area contributed by atoms with Crippen LogP contribution >= 0.6 is 23.2 Å². The van der Waals surface area contributed by atoms with Gasteiger partial charge in [-0.3, -0.25) is 0 Å². The molecule has 4 rings (SSSR count). The molecule has 0 aliphatic heterocycles. The van der Waals surface area contributed by atoms with Gasteiger partial charge in [-0.05, 0) is 41.5 Å². The molecule has 0 amide bonds. The van der Waals surface area contributed by atoms with Crippen LogP contribution in [0.25, 0.3) is 32.9 Å². The third kappa shape index (κ3) is 2.40. The van der Waals surface area contributed by atoms with Crippen LogP contribution in [0.1, 0.15) is 0 Å². The Kier molecular flexibility index (Phi) is 3.37. The van der Waals surface area contributed by atoms with E-state index < -0.39 is 0 Å². The molecule has 4 aromatic rings. The predicted molar refractivity (Wildman–Crippen MR) is 99.1 cm³/mol. The summed E-state index contributed by atoms with van der Waals surface area (Å²) in [7, 11) is 0. The average Bonchev–Trinajstić information content (AvgIpc) is 2.57. The van der Waals surface area contributed by atoms with Crippen molar-refractivity contribution in [1.82, 2.24) is 4.98 Å². The van der Waals surface area contributed by atoms with E-state index in [1.165, 1.54) is 0 Å². The third-order valence-electron chi connectivity index (χ3n) is 3.95. The van der Waals surface area contributed by atoms with Crippen molar-refractivity contribution in [3.8, 4) is 11.1 Å². The summed E-state index contributed by atoms with van der Waals surface area (Å²) in [6.07, 6.45) is 0. The lowest BCUT2D eigenvalue weighted by atomic mass is 9.99. The maximum atomic E-state index is 6.19. The summed E-state index contributed by atoms with van der Waals surface area (Å²) in [4.78, 5) is 4.74. The quantitative estimate of drug-likeness (QED) is 0.344. The highest BCUT2D eigenvalue weighted by atomic mass is 35.5. The minimum absolute atomic E-state index is 0.404. The van der Waals surface area contributed by atoms with Gasteiger partial charge in [-0.1, -0.05) is 53.5 Å². The SMILES string of the molecule is Nc1c(Cl)cc(-c2cccc3nc4ccccc4cc23)cc1Cl. The summed E-state index contributed by atoms with van der Waals surface area (Å²) < 4.78 is 0. The van der Waals surface area contributed by atoms with Crippen LogP contribution in [0.5, 0.6) is 0 Å². The number of benzene rings is 3. The molecule has 1 heterocycles. The van der Waals surface area contributed by atoms with Crippen molar-refractivity contribution >= 4 is 50.7 Å². The number of nitrogens with two attached hydrogens (primary N) is 1. The molecule has 0 saturated heterocycles. The Labute approximate surface area is 143 Å². The van der Waals surface area contributed by atoms with Crippen LogP contribution in [0, 0.1) is 0 Å². The number of hydrogen-bond donors (Lipinski definition) is 1. The van der Waals surface area contributed by atoms with Crippen LogP contribution in [0.15, 0.2) is 60.7 Å². The van der Waals surface area contributed by atoms with E-state index in [0.717, 1.165) is 32.9 Å². The second kappa shape index (κ2) is 5.41. The zero-order valence-corrected chi connectivity index (χ0v) is 13.6. The second-order valence-corrected chi connectivity index (χ2v) is 6.22. The number of nitrogens with zero attached hydrogens (tertiary/aromatic N) is 1. The van der Waals surface area contributed by atoms with Crippen LogP contribution in [-0.4, -0.2) is 4.98 Å². The van der Waals surface area contributed by atoms with Crippen LogP contribution in [0.4, 0.5) is 5.69 Å². The third-order valence-corrected chi connectivity index (χ3v) is 4.58. The number of hydrogen-bond acceptors (Lipinski definition) is 2. The molecule has 0 aliphatic carbocycles. The molecule has 0 atom stereocenters. The van der Waals surface area contributed by atoms with Gasteiger partial charge in [0.1, 0.15) is 0 Å². The van der Waals surface area contributed by atoms with Gasteiger partial charge < -0.3 is 5.73 Å². The molecule has 0 unspecified atom stereocenters. The second-order valence-electron chi connectivity index (χ2n) is 5.41. The summed E-state index contributed by atoms with van der Waals surface area (Å²) in [6.45, 7) is 0. The lowest BCUT2D eigenvalue weighted by Crippen LogP contribution is -1.90. The standard InChI is InChI=1S/C19H12Cl2N2/c20-15-9-12(10-16(21)19(15)22)13-5-3-7-18-14(13)8-11-4-1-2-6-17(11)23-18/h1-10H,22H2. The van der Waals surface area contributed by atoms with Crippen molar-refractivity contribution in [1.29, 1.82) is 0 Å². The molecular weight excluding hydrogens is 327 g/mol. The van der Waals surface area contributed by atoms with Crippen molar-refractivity contribution in [2.75, 3.05) is 5.73 Å². The van der Waals surface area contributed by atoms with Crippen LogP contribution in [0.2, 0.25) is 10.0 Å². The zero-order chi connectivity index (χ0) is 16.0. The summed E-state index contributed by atoms with van der Waals surface area (Å²) in [6, 6.07) is 19.9. The van der Waals surface area contributed by atoms with Crippen molar-refractivity contribution in [2.24, 2.45) is 0 Å². The Morgan fingerprint density at radius 1 is 0.783 bits per heavy atom. The van der Waals surface area contributed by atoms with E-state index in [1.54, 1.807) is 0 Å². The molecule has 0 spiro atoms. The fourth-order valence-electron chi connectivity index (χ4n) is 2.79. The normalized spacial score (nSPS) is 11.2. The smallest absolute Gasteiger partial charge is 0.0715 e. The number of para-hydroxylation sites is 1. The molecule has 4 heteroatoms. The molecule has 0 saturated carbocycles. The Balaban J connectivity index is 2.05. The monoisotopic (exact) mass is 338 g/mol. The van der Waals surface area contributed by atoms with Gasteiger partial charge in [-0.25, -0.2) is 4.98 Å². The van der Waals surface area contributed by atoms with E-state index in [2.05, 4.69) is 12.1 Å². The van der Waals surface area contributed by atoms with Gasteiger partial charge in [0.25, 0.3) is 0 Å². The van der Waals surface area contributed by atoms with E-state index in [0.29, 0.717) is 15.7 Å². The van der Waals surface area contributed by atoms with Gasteiger partial charge in [-0.15, -0.1) is 0 Å². The van der Waals surface area contributed by atoms with Crippen LogP contribution in [0.3, 0.4) is 0 Å². The Morgan fingerprint density at radius 2 is 1.48 bits per heavy atom. The Morgan fingerprint density at radius 3 is 2.26 bits per heavy atom. The van der Waals surface area contributed by atoms with Crippen molar-refractivity contribution in [3.05, 3.63) is 70.7 Å². The van der Waals surface area contributed by atoms with Gasteiger partial charge in [0.15, 0.2) is 0 Å². The van der Waals surface area contributed by atoms with Gasteiger partial charge in [0, 0.05) is 10.8 Å². The van der Waals surface area contributed by atoms with Gasteiger partial charge in [0.2, 0.25) is 0 Å². The summed E-state index contributed by atoms with van der Waals surface area (Å²) >= 11 is 12.4. The predicted octanol–water partition coefficient (Wildman–Crippen LogP) is 5.94. The van der Waals surface area contributed by atoms with Gasteiger partial charge >= 0.3 is 0 Å². The first kappa shape index (κ1) is 14.3. The number of halogens is 2. The number of pyridine rings is 1. The molecule has 0 bridgehead atoms. The van der Waals surface area contributed by atoms with Crippen molar-refractivity contribution in [2.45, 2.75) is 0 Å². The van der Waals surface area contributed by atoms with Crippen molar-refractivity contribution < 1.29 is 0 Å². The van der Waals surface area contributed by atoms with Gasteiger partial charge in [-0.2, -0.15) is 0 Å². The van der Waals surface area contributed by atoms with E-state index in [1.807, 2.05) is 48.5 Å². The fraction of sp³-hybridized carbons (Fsp3) is 0. The summed E-state index contributed by atoms with van der Waals surface area (Å²) in [5, 5.41) is 3.07. The van der Waals surface area contributed by atoms with Crippen LogP contribution < -0.4 is 5.73 Å². The topological polar surface area (TPSA) is 38.9 Å². The van der Waals surface area contributed by atoms with E-state index >= 15 is 0 Å². The van der Waals surface area contributed by atoms with Crippen molar-refractivity contribution in [3.63, 3.8) is 0 Å². The number of aromatic nitrogens is 1.